The second-order valence-corrected chi connectivity index (χ2v) is 6.06. The Morgan fingerprint density at radius 1 is 1.08 bits per heavy atom. The van der Waals surface area contributed by atoms with Crippen LogP contribution in [0, 0.1) is 0 Å². The van der Waals surface area contributed by atoms with Gasteiger partial charge in [-0.15, -0.1) is 11.3 Å². The van der Waals surface area contributed by atoms with E-state index in [-0.39, 0.29) is 11.8 Å². The van der Waals surface area contributed by atoms with E-state index in [9.17, 15) is 0 Å². The summed E-state index contributed by atoms with van der Waals surface area (Å²) in [5.74, 6) is 0.969. The molecule has 0 bridgehead atoms. The van der Waals surface area contributed by atoms with Crippen LogP contribution in [0.2, 0.25) is 0 Å². The van der Waals surface area contributed by atoms with E-state index in [4.69, 9.17) is 16.2 Å². The Morgan fingerprint density at radius 2 is 1.88 bits per heavy atom. The van der Waals surface area contributed by atoms with E-state index < -0.39 is 0 Å². The zero-order valence-corrected chi connectivity index (χ0v) is 14.2. The third-order valence-corrected chi connectivity index (χ3v) is 4.43. The Bertz CT molecular complexity index is 819. The highest BCUT2D eigenvalue weighted by Gasteiger charge is 2.12. The third-order valence-electron chi connectivity index (χ3n) is 3.49. The second kappa shape index (κ2) is 7.27. The topological polar surface area (TPSA) is 99.9 Å². The maximum atomic E-state index is 5.89. The van der Waals surface area contributed by atoms with Crippen molar-refractivity contribution in [2.75, 3.05) is 18.1 Å². The molecule has 0 unspecified atom stereocenters. The lowest BCUT2D eigenvalue weighted by Gasteiger charge is -2.11. The highest BCUT2D eigenvalue weighted by Crippen LogP contribution is 2.26. The highest BCUT2D eigenvalue weighted by atomic mass is 32.1. The van der Waals surface area contributed by atoms with Gasteiger partial charge in [-0.2, -0.15) is 4.98 Å². The minimum absolute atomic E-state index is 0.170. The van der Waals surface area contributed by atoms with Crippen molar-refractivity contribution in [3.63, 3.8) is 0 Å². The van der Waals surface area contributed by atoms with Crippen molar-refractivity contribution in [2.45, 2.75) is 19.8 Å². The molecule has 0 aliphatic heterocycles. The average molecular weight is 341 g/mol. The van der Waals surface area contributed by atoms with E-state index in [1.165, 1.54) is 0 Å². The first-order valence-electron chi connectivity index (χ1n) is 7.72. The number of thiazole rings is 1. The molecule has 0 spiro atoms. The van der Waals surface area contributed by atoms with Gasteiger partial charge in [-0.3, -0.25) is 0 Å². The van der Waals surface area contributed by atoms with Crippen LogP contribution in [0.1, 0.15) is 18.3 Å². The number of aromatic nitrogens is 3. The van der Waals surface area contributed by atoms with Gasteiger partial charge in [0.15, 0.2) is 11.6 Å². The number of rotatable bonds is 6. The summed E-state index contributed by atoms with van der Waals surface area (Å²) in [6.07, 6.45) is 1.37. The van der Waals surface area contributed by atoms with E-state index in [1.54, 1.807) is 11.3 Å². The minimum Gasteiger partial charge on any atom is -0.487 e. The molecule has 0 saturated carbocycles. The van der Waals surface area contributed by atoms with Crippen LogP contribution in [-0.2, 0) is 12.8 Å². The van der Waals surface area contributed by atoms with Crippen molar-refractivity contribution in [3.8, 4) is 16.3 Å². The van der Waals surface area contributed by atoms with E-state index >= 15 is 0 Å². The number of aryl methyl sites for hydroxylation is 1. The monoisotopic (exact) mass is 341 g/mol. The molecule has 0 fully saturated rings. The largest absolute Gasteiger partial charge is 0.487 e. The van der Waals surface area contributed by atoms with Gasteiger partial charge in [0.25, 0.3) is 0 Å². The van der Waals surface area contributed by atoms with Crippen LogP contribution in [0.25, 0.3) is 10.6 Å². The number of ether oxygens (including phenoxy) is 1. The highest BCUT2D eigenvalue weighted by molar-refractivity contribution is 7.13. The molecule has 3 aromatic rings. The number of nitrogen functional groups attached to an aromatic ring is 2. The van der Waals surface area contributed by atoms with Crippen LogP contribution in [0.4, 0.5) is 11.8 Å². The standard InChI is InChI=1S/C17H19N5OS/c1-2-13-14(15(18)22-17(19)21-13)23-9-8-12-10-24-16(20-12)11-6-4-3-5-7-11/h3-7,10H,2,8-9H2,1H3,(H4,18,19,21,22). The fraction of sp³-hybridized carbons (Fsp3) is 0.235. The second-order valence-electron chi connectivity index (χ2n) is 5.20. The molecular formula is C17H19N5OS. The maximum Gasteiger partial charge on any atom is 0.222 e. The SMILES string of the molecule is CCc1nc(N)nc(N)c1OCCc1csc(-c2ccccc2)n1. The summed E-state index contributed by atoms with van der Waals surface area (Å²) >= 11 is 1.63. The van der Waals surface area contributed by atoms with Crippen LogP contribution < -0.4 is 16.2 Å². The van der Waals surface area contributed by atoms with Gasteiger partial charge in [-0.05, 0) is 6.42 Å². The molecular weight excluding hydrogens is 322 g/mol. The first-order chi connectivity index (χ1) is 11.7. The Hall–Kier alpha value is -2.67. The zero-order chi connectivity index (χ0) is 16.9. The van der Waals surface area contributed by atoms with Crippen LogP contribution >= 0.6 is 11.3 Å². The van der Waals surface area contributed by atoms with Gasteiger partial charge in [0, 0.05) is 17.4 Å². The Labute approximate surface area is 144 Å². The molecule has 7 heteroatoms. The molecule has 4 N–H and O–H groups in total. The van der Waals surface area contributed by atoms with Crippen LogP contribution in [0.15, 0.2) is 35.7 Å². The number of anilines is 2. The van der Waals surface area contributed by atoms with E-state index in [2.05, 4.69) is 32.5 Å². The van der Waals surface area contributed by atoms with Crippen molar-refractivity contribution >= 4 is 23.1 Å². The quantitative estimate of drug-likeness (QED) is 0.715. The normalized spacial score (nSPS) is 10.7. The lowest BCUT2D eigenvalue weighted by atomic mass is 10.2. The summed E-state index contributed by atoms with van der Waals surface area (Å²) in [7, 11) is 0. The van der Waals surface area contributed by atoms with Crippen molar-refractivity contribution in [1.29, 1.82) is 0 Å². The fourth-order valence-electron chi connectivity index (χ4n) is 2.33. The Balaban J connectivity index is 1.65. The summed E-state index contributed by atoms with van der Waals surface area (Å²) < 4.78 is 5.79. The van der Waals surface area contributed by atoms with Crippen molar-refractivity contribution in [1.82, 2.24) is 15.0 Å². The molecule has 0 aliphatic rings. The summed E-state index contributed by atoms with van der Waals surface area (Å²) in [5, 5.41) is 3.06. The minimum atomic E-state index is 0.170. The third kappa shape index (κ3) is 3.62. The van der Waals surface area contributed by atoms with Crippen molar-refractivity contribution in [3.05, 3.63) is 47.1 Å². The molecule has 0 atom stereocenters. The van der Waals surface area contributed by atoms with Crippen molar-refractivity contribution < 1.29 is 4.74 Å². The van der Waals surface area contributed by atoms with Gasteiger partial charge < -0.3 is 16.2 Å². The molecule has 0 aliphatic carbocycles. The fourth-order valence-corrected chi connectivity index (χ4v) is 3.19. The number of benzene rings is 1. The number of hydrogen-bond acceptors (Lipinski definition) is 7. The molecule has 124 valence electrons. The van der Waals surface area contributed by atoms with Gasteiger partial charge in [0.1, 0.15) is 5.01 Å². The number of nitrogens with zero attached hydrogens (tertiary/aromatic N) is 3. The van der Waals surface area contributed by atoms with Crippen LogP contribution in [0.3, 0.4) is 0 Å². The van der Waals surface area contributed by atoms with E-state index in [0.717, 1.165) is 22.0 Å². The summed E-state index contributed by atoms with van der Waals surface area (Å²) in [5.41, 5.74) is 14.3. The molecule has 0 amide bonds. The van der Waals surface area contributed by atoms with Gasteiger partial charge in [0.05, 0.1) is 18.0 Å². The first kappa shape index (κ1) is 16.2. The van der Waals surface area contributed by atoms with Gasteiger partial charge in [0.2, 0.25) is 5.95 Å². The number of nitrogens with two attached hydrogens (primary N) is 2. The van der Waals surface area contributed by atoms with E-state index in [0.29, 0.717) is 25.2 Å². The van der Waals surface area contributed by atoms with Gasteiger partial charge in [-0.25, -0.2) is 9.97 Å². The smallest absolute Gasteiger partial charge is 0.222 e. The Kier molecular flexibility index (Phi) is 4.90. The lowest BCUT2D eigenvalue weighted by molar-refractivity contribution is 0.316. The van der Waals surface area contributed by atoms with Gasteiger partial charge >= 0.3 is 0 Å². The van der Waals surface area contributed by atoms with Crippen LogP contribution in [-0.4, -0.2) is 21.6 Å². The first-order valence-corrected chi connectivity index (χ1v) is 8.59. The zero-order valence-electron chi connectivity index (χ0n) is 13.4. The summed E-state index contributed by atoms with van der Waals surface area (Å²) in [6.45, 7) is 2.43. The Morgan fingerprint density at radius 3 is 2.62 bits per heavy atom. The summed E-state index contributed by atoms with van der Waals surface area (Å²) in [6, 6.07) is 10.1. The average Bonchev–Trinajstić information content (AvgIpc) is 3.06. The molecule has 0 saturated heterocycles. The summed E-state index contributed by atoms with van der Waals surface area (Å²) in [4.78, 5) is 12.8. The molecule has 6 nitrogen and oxygen atoms in total. The van der Waals surface area contributed by atoms with Crippen LogP contribution in [0.5, 0.6) is 5.75 Å². The molecule has 24 heavy (non-hydrogen) atoms. The van der Waals surface area contributed by atoms with Crippen molar-refractivity contribution in [2.24, 2.45) is 0 Å². The predicted octanol–water partition coefficient (Wildman–Crippen LogP) is 2.95. The van der Waals surface area contributed by atoms with E-state index in [1.807, 2.05) is 25.1 Å². The number of hydrogen-bond donors (Lipinski definition) is 2. The molecule has 2 heterocycles. The predicted molar refractivity (Wildman–Crippen MR) is 97.0 cm³/mol. The van der Waals surface area contributed by atoms with Gasteiger partial charge in [-0.1, -0.05) is 37.3 Å². The molecule has 1 aromatic carbocycles. The maximum absolute atomic E-state index is 5.89. The molecule has 2 aromatic heterocycles. The molecule has 0 radical (unpaired) electrons. The lowest BCUT2D eigenvalue weighted by Crippen LogP contribution is -2.10. The molecule has 3 rings (SSSR count).